The number of aromatic amines is 1. The molecule has 0 radical (unpaired) electrons. The molecule has 0 bridgehead atoms. The molecule has 0 atom stereocenters. The molecule has 1 aromatic heterocycles. The molecular formula is C21H22ClN5O. The Morgan fingerprint density at radius 3 is 2.61 bits per heavy atom. The fourth-order valence-corrected chi connectivity index (χ4v) is 4.84. The van der Waals surface area contributed by atoms with Gasteiger partial charge in [0.2, 0.25) is 0 Å². The standard InChI is InChI=1S/C21H22ClN5O/c1-14-2-4-18-16(12-14)21(7-10-28-11-8-21)17-13-15(22)3-5-19(17)27(18)9-6-20-23-25-26-24-20/h2-5,12-13H,6-11H2,1H3,(H,23,24,25,26). The van der Waals surface area contributed by atoms with Crippen molar-refractivity contribution in [1.82, 2.24) is 20.6 Å². The van der Waals surface area contributed by atoms with Crippen LogP contribution in [0.3, 0.4) is 0 Å². The Hall–Kier alpha value is -2.44. The third-order valence-electron chi connectivity index (χ3n) is 6.02. The number of aryl methyl sites for hydroxylation is 1. The maximum atomic E-state index is 6.46. The van der Waals surface area contributed by atoms with Gasteiger partial charge in [-0.3, -0.25) is 0 Å². The Morgan fingerprint density at radius 1 is 1.11 bits per heavy atom. The van der Waals surface area contributed by atoms with Crippen LogP contribution in [-0.2, 0) is 16.6 Å². The lowest BCUT2D eigenvalue weighted by atomic mass is 9.66. The average Bonchev–Trinajstić information content (AvgIpc) is 3.23. The Labute approximate surface area is 168 Å². The predicted molar refractivity (Wildman–Crippen MR) is 108 cm³/mol. The monoisotopic (exact) mass is 395 g/mol. The molecule has 1 fully saturated rings. The van der Waals surface area contributed by atoms with Gasteiger partial charge in [-0.15, -0.1) is 10.2 Å². The molecule has 0 saturated carbocycles. The molecule has 3 aromatic rings. The number of anilines is 2. The molecule has 2 aromatic carbocycles. The summed E-state index contributed by atoms with van der Waals surface area (Å²) in [5.41, 5.74) is 6.36. The fourth-order valence-electron chi connectivity index (χ4n) is 4.67. The molecular weight excluding hydrogens is 374 g/mol. The number of fused-ring (bicyclic) bond motifs is 4. The number of aromatic nitrogens is 4. The minimum Gasteiger partial charge on any atom is -0.381 e. The summed E-state index contributed by atoms with van der Waals surface area (Å²) in [5, 5.41) is 15.2. The number of nitrogens with one attached hydrogen (secondary N) is 1. The topological polar surface area (TPSA) is 66.9 Å². The first-order valence-electron chi connectivity index (χ1n) is 9.66. The summed E-state index contributed by atoms with van der Waals surface area (Å²) in [7, 11) is 0. The molecule has 5 rings (SSSR count). The van der Waals surface area contributed by atoms with Crippen LogP contribution in [-0.4, -0.2) is 40.4 Å². The lowest BCUT2D eigenvalue weighted by Crippen LogP contribution is -2.41. The van der Waals surface area contributed by atoms with Crippen molar-refractivity contribution in [2.45, 2.75) is 31.6 Å². The van der Waals surface area contributed by atoms with Crippen molar-refractivity contribution < 1.29 is 4.74 Å². The van der Waals surface area contributed by atoms with Crippen molar-refractivity contribution >= 4 is 23.0 Å². The molecule has 7 heteroatoms. The van der Waals surface area contributed by atoms with Gasteiger partial charge in [0, 0.05) is 48.0 Å². The van der Waals surface area contributed by atoms with E-state index in [0.29, 0.717) is 6.42 Å². The summed E-state index contributed by atoms with van der Waals surface area (Å²) in [4.78, 5) is 2.37. The van der Waals surface area contributed by atoms with Crippen molar-refractivity contribution in [2.75, 3.05) is 24.7 Å². The normalized spacial score (nSPS) is 17.4. The highest BCUT2D eigenvalue weighted by atomic mass is 35.5. The zero-order valence-electron chi connectivity index (χ0n) is 15.8. The van der Waals surface area contributed by atoms with Gasteiger partial charge >= 0.3 is 0 Å². The predicted octanol–water partition coefficient (Wildman–Crippen LogP) is 3.95. The SMILES string of the molecule is Cc1ccc2c(c1)C1(CCOCC1)c1cc(Cl)ccc1N2CCc1nn[nH]n1. The molecule has 3 heterocycles. The van der Waals surface area contributed by atoms with Gasteiger partial charge in [0.1, 0.15) is 0 Å². The van der Waals surface area contributed by atoms with Crippen molar-refractivity contribution in [3.8, 4) is 0 Å². The van der Waals surface area contributed by atoms with Crippen LogP contribution in [0.2, 0.25) is 5.02 Å². The molecule has 0 unspecified atom stereocenters. The summed E-state index contributed by atoms with van der Waals surface area (Å²) >= 11 is 6.46. The lowest BCUT2D eigenvalue weighted by molar-refractivity contribution is 0.0629. The summed E-state index contributed by atoms with van der Waals surface area (Å²) in [6.07, 6.45) is 2.65. The summed E-state index contributed by atoms with van der Waals surface area (Å²) < 4.78 is 5.74. The van der Waals surface area contributed by atoms with Gasteiger partial charge < -0.3 is 9.64 Å². The van der Waals surface area contributed by atoms with E-state index in [0.717, 1.165) is 43.4 Å². The summed E-state index contributed by atoms with van der Waals surface area (Å²) in [6, 6.07) is 13.0. The molecule has 2 aliphatic heterocycles. The molecule has 0 aliphatic carbocycles. The molecule has 0 amide bonds. The van der Waals surface area contributed by atoms with Crippen molar-refractivity contribution in [3.05, 3.63) is 63.9 Å². The van der Waals surface area contributed by atoms with E-state index in [2.05, 4.69) is 62.8 Å². The zero-order valence-corrected chi connectivity index (χ0v) is 16.5. The smallest absolute Gasteiger partial charge is 0.176 e. The van der Waals surface area contributed by atoms with E-state index in [1.54, 1.807) is 0 Å². The third-order valence-corrected chi connectivity index (χ3v) is 6.25. The number of H-pyrrole nitrogens is 1. The van der Waals surface area contributed by atoms with E-state index in [9.17, 15) is 0 Å². The van der Waals surface area contributed by atoms with Crippen LogP contribution in [0.5, 0.6) is 0 Å². The number of nitrogens with zero attached hydrogens (tertiary/aromatic N) is 4. The molecule has 28 heavy (non-hydrogen) atoms. The summed E-state index contributed by atoms with van der Waals surface area (Å²) in [5.74, 6) is 0.718. The maximum Gasteiger partial charge on any atom is 0.176 e. The van der Waals surface area contributed by atoms with Crippen LogP contribution < -0.4 is 4.90 Å². The van der Waals surface area contributed by atoms with Crippen LogP contribution in [0.15, 0.2) is 36.4 Å². The first-order chi connectivity index (χ1) is 13.7. The first kappa shape index (κ1) is 17.6. The number of tetrazole rings is 1. The van der Waals surface area contributed by atoms with E-state index >= 15 is 0 Å². The van der Waals surface area contributed by atoms with Gasteiger partial charge in [-0.2, -0.15) is 5.21 Å². The average molecular weight is 396 g/mol. The minimum absolute atomic E-state index is 0.0531. The fraction of sp³-hybridized carbons (Fsp3) is 0.381. The molecule has 6 nitrogen and oxygen atoms in total. The zero-order chi connectivity index (χ0) is 19.1. The Kier molecular flexibility index (Phi) is 4.33. The van der Waals surface area contributed by atoms with Gasteiger partial charge in [-0.25, -0.2) is 0 Å². The van der Waals surface area contributed by atoms with Crippen molar-refractivity contribution in [1.29, 1.82) is 0 Å². The molecule has 1 saturated heterocycles. The van der Waals surface area contributed by atoms with Gasteiger partial charge in [-0.1, -0.05) is 34.5 Å². The van der Waals surface area contributed by atoms with Gasteiger partial charge in [-0.05, 0) is 55.2 Å². The Morgan fingerprint density at radius 2 is 1.86 bits per heavy atom. The number of rotatable bonds is 3. The molecule has 1 N–H and O–H groups in total. The second-order valence-electron chi connectivity index (χ2n) is 7.61. The maximum absolute atomic E-state index is 6.46. The number of hydrogen-bond donors (Lipinski definition) is 1. The van der Waals surface area contributed by atoms with Gasteiger partial charge in [0.15, 0.2) is 5.82 Å². The third kappa shape index (κ3) is 2.79. The van der Waals surface area contributed by atoms with E-state index in [1.807, 2.05) is 6.07 Å². The van der Waals surface area contributed by atoms with Crippen LogP contribution in [0.25, 0.3) is 0 Å². The van der Waals surface area contributed by atoms with Gasteiger partial charge in [0.25, 0.3) is 0 Å². The van der Waals surface area contributed by atoms with Crippen molar-refractivity contribution in [3.63, 3.8) is 0 Å². The number of hydrogen-bond acceptors (Lipinski definition) is 5. The molecule has 144 valence electrons. The molecule has 1 spiro atoms. The van der Waals surface area contributed by atoms with Crippen LogP contribution in [0.4, 0.5) is 11.4 Å². The van der Waals surface area contributed by atoms with Crippen LogP contribution in [0, 0.1) is 6.92 Å². The Balaban J connectivity index is 1.67. The Bertz CT molecular complexity index is 943. The second kappa shape index (κ2) is 6.87. The van der Waals surface area contributed by atoms with Gasteiger partial charge in [0.05, 0.1) is 0 Å². The minimum atomic E-state index is -0.0531. The first-order valence-corrected chi connectivity index (χ1v) is 10.0. The van der Waals surface area contributed by atoms with E-state index in [-0.39, 0.29) is 5.41 Å². The van der Waals surface area contributed by atoms with E-state index < -0.39 is 0 Å². The lowest BCUT2D eigenvalue weighted by Gasteiger charge is -2.47. The molecule has 2 aliphatic rings. The number of benzene rings is 2. The largest absolute Gasteiger partial charge is 0.381 e. The second-order valence-corrected chi connectivity index (χ2v) is 8.04. The number of ether oxygens (including phenoxy) is 1. The highest BCUT2D eigenvalue weighted by Crippen LogP contribution is 2.54. The van der Waals surface area contributed by atoms with Crippen LogP contribution >= 0.6 is 11.6 Å². The van der Waals surface area contributed by atoms with Crippen molar-refractivity contribution in [2.24, 2.45) is 0 Å². The van der Waals surface area contributed by atoms with E-state index in [4.69, 9.17) is 16.3 Å². The summed E-state index contributed by atoms with van der Waals surface area (Å²) in [6.45, 7) is 4.46. The number of halogens is 1. The highest BCUT2D eigenvalue weighted by Gasteiger charge is 2.44. The van der Waals surface area contributed by atoms with Crippen LogP contribution in [0.1, 0.15) is 35.4 Å². The highest BCUT2D eigenvalue weighted by molar-refractivity contribution is 6.30. The van der Waals surface area contributed by atoms with E-state index in [1.165, 1.54) is 28.1 Å². The quantitative estimate of drug-likeness (QED) is 0.727.